The molecule has 1 fully saturated rings. The van der Waals surface area contributed by atoms with Crippen molar-refractivity contribution in [2.24, 2.45) is 5.92 Å². The van der Waals surface area contributed by atoms with Crippen LogP contribution in [0.15, 0.2) is 53.7 Å². The maximum absolute atomic E-state index is 13.1. The van der Waals surface area contributed by atoms with Crippen molar-refractivity contribution in [2.45, 2.75) is 24.3 Å². The highest BCUT2D eigenvalue weighted by Crippen LogP contribution is 2.39. The molecule has 2 N–H and O–H groups in total. The molecule has 6 nitrogen and oxygen atoms in total. The highest BCUT2D eigenvalue weighted by Gasteiger charge is 2.30. The molecule has 2 aliphatic rings. The number of nitrogens with one attached hydrogen (secondary N) is 2. The summed E-state index contributed by atoms with van der Waals surface area (Å²) in [4.78, 5) is 23.6. The molecule has 0 atom stereocenters. The Hall–Kier alpha value is -2.32. The number of carbonyl (C=O) groups excluding carboxylic acids is 1. The van der Waals surface area contributed by atoms with Crippen molar-refractivity contribution in [3.63, 3.8) is 0 Å². The summed E-state index contributed by atoms with van der Waals surface area (Å²) in [5, 5.41) is 8.17. The Morgan fingerprint density at radius 2 is 1.82 bits per heavy atom. The zero-order valence-corrected chi connectivity index (χ0v) is 20.2. The molecule has 1 aromatic heterocycles. The summed E-state index contributed by atoms with van der Waals surface area (Å²) < 4.78 is 0. The van der Waals surface area contributed by atoms with Crippen LogP contribution in [-0.4, -0.2) is 34.8 Å². The van der Waals surface area contributed by atoms with E-state index in [0.29, 0.717) is 38.1 Å². The molecule has 3 aromatic rings. The fraction of sp³-hybridized carbons (Fsp3) is 0.292. The molecule has 0 unspecified atom stereocenters. The van der Waals surface area contributed by atoms with E-state index in [4.69, 9.17) is 23.2 Å². The molecule has 1 saturated heterocycles. The molecule has 33 heavy (non-hydrogen) atoms. The SMILES string of the molecule is O=C1c2cnc(Nc3ccc(CC4CCNCC4)cc3)nc2SCN1c1c(Cl)cccc1Cl. The van der Waals surface area contributed by atoms with E-state index in [1.807, 2.05) is 0 Å². The number of halogens is 2. The van der Waals surface area contributed by atoms with Crippen LogP contribution in [0, 0.1) is 5.92 Å². The van der Waals surface area contributed by atoms with Crippen LogP contribution >= 0.6 is 35.0 Å². The van der Waals surface area contributed by atoms with Crippen LogP contribution < -0.4 is 15.5 Å². The maximum atomic E-state index is 13.1. The van der Waals surface area contributed by atoms with Crippen LogP contribution in [0.1, 0.15) is 28.8 Å². The van der Waals surface area contributed by atoms with Crippen LogP contribution in [0.4, 0.5) is 17.3 Å². The minimum atomic E-state index is -0.215. The molecule has 0 saturated carbocycles. The predicted molar refractivity (Wildman–Crippen MR) is 135 cm³/mol. The maximum Gasteiger partial charge on any atom is 0.263 e. The van der Waals surface area contributed by atoms with Crippen molar-refractivity contribution in [1.29, 1.82) is 0 Å². The Balaban J connectivity index is 1.28. The molecule has 3 heterocycles. The van der Waals surface area contributed by atoms with E-state index in [0.717, 1.165) is 31.1 Å². The summed E-state index contributed by atoms with van der Waals surface area (Å²) in [6, 6.07) is 13.6. The van der Waals surface area contributed by atoms with Crippen LogP contribution in [-0.2, 0) is 6.42 Å². The highest BCUT2D eigenvalue weighted by atomic mass is 35.5. The number of benzene rings is 2. The topological polar surface area (TPSA) is 70.1 Å². The van der Waals surface area contributed by atoms with E-state index in [1.165, 1.54) is 30.2 Å². The van der Waals surface area contributed by atoms with Gasteiger partial charge in [-0.05, 0) is 68.1 Å². The van der Waals surface area contributed by atoms with E-state index in [-0.39, 0.29) is 5.91 Å². The summed E-state index contributed by atoms with van der Waals surface area (Å²) in [6.45, 7) is 2.23. The Kier molecular flexibility index (Phi) is 6.74. The van der Waals surface area contributed by atoms with Crippen molar-refractivity contribution >= 4 is 58.2 Å². The number of anilines is 3. The third-order valence-electron chi connectivity index (χ3n) is 5.96. The molecule has 2 aliphatic heterocycles. The van der Waals surface area contributed by atoms with Gasteiger partial charge in [0.05, 0.1) is 27.2 Å². The van der Waals surface area contributed by atoms with Gasteiger partial charge in [-0.2, -0.15) is 0 Å². The van der Waals surface area contributed by atoms with Crippen molar-refractivity contribution in [3.8, 4) is 0 Å². The summed E-state index contributed by atoms with van der Waals surface area (Å²) in [5.74, 6) is 1.37. The lowest BCUT2D eigenvalue weighted by Gasteiger charge is -2.28. The van der Waals surface area contributed by atoms with Crippen LogP contribution in [0.5, 0.6) is 0 Å². The quantitative estimate of drug-likeness (QED) is 0.433. The fourth-order valence-electron chi connectivity index (χ4n) is 4.20. The number of nitrogens with zero attached hydrogens (tertiary/aromatic N) is 3. The van der Waals surface area contributed by atoms with Gasteiger partial charge in [0.25, 0.3) is 5.91 Å². The van der Waals surface area contributed by atoms with Crippen molar-refractivity contribution in [1.82, 2.24) is 15.3 Å². The third kappa shape index (κ3) is 4.96. The first-order valence-corrected chi connectivity index (χ1v) is 12.6. The van der Waals surface area contributed by atoms with Gasteiger partial charge in [0.1, 0.15) is 5.03 Å². The molecule has 0 radical (unpaired) electrons. The normalized spacial score (nSPS) is 16.5. The Bertz CT molecular complexity index is 1150. The van der Waals surface area contributed by atoms with E-state index in [2.05, 4.69) is 44.9 Å². The standard InChI is InChI=1S/C24H23Cl2N5OS/c25-19-2-1-3-20(26)21(19)31-14-33-22-18(23(31)32)13-28-24(30-22)29-17-6-4-15(5-7-17)12-16-8-10-27-11-9-16/h1-7,13,16,27H,8-12,14H2,(H,28,29,30). The number of hydrogen-bond acceptors (Lipinski definition) is 6. The molecule has 2 aromatic carbocycles. The smallest absolute Gasteiger partial charge is 0.263 e. The van der Waals surface area contributed by atoms with Gasteiger partial charge < -0.3 is 10.6 Å². The van der Waals surface area contributed by atoms with E-state index in [1.54, 1.807) is 29.3 Å². The second-order valence-electron chi connectivity index (χ2n) is 8.21. The summed E-state index contributed by atoms with van der Waals surface area (Å²) in [6.07, 6.45) is 5.14. The second-order valence-corrected chi connectivity index (χ2v) is 9.96. The number of amides is 1. The average molecular weight is 500 g/mol. The van der Waals surface area contributed by atoms with Crippen LogP contribution in [0.25, 0.3) is 0 Å². The van der Waals surface area contributed by atoms with Crippen LogP contribution in [0.3, 0.4) is 0 Å². The Morgan fingerprint density at radius 1 is 1.09 bits per heavy atom. The van der Waals surface area contributed by atoms with Gasteiger partial charge in [-0.1, -0.05) is 53.2 Å². The summed E-state index contributed by atoms with van der Waals surface area (Å²) in [5.41, 5.74) is 3.21. The van der Waals surface area contributed by atoms with Gasteiger partial charge in [-0.25, -0.2) is 9.97 Å². The number of piperidine rings is 1. The molecular weight excluding hydrogens is 477 g/mol. The second kappa shape index (κ2) is 9.89. The predicted octanol–water partition coefficient (Wildman–Crippen LogP) is 5.78. The first-order chi connectivity index (χ1) is 16.1. The van der Waals surface area contributed by atoms with E-state index < -0.39 is 0 Å². The van der Waals surface area contributed by atoms with Gasteiger partial charge >= 0.3 is 0 Å². The molecule has 9 heteroatoms. The molecule has 1 amide bonds. The Labute approximate surface area is 207 Å². The minimum absolute atomic E-state index is 0.215. The lowest BCUT2D eigenvalue weighted by molar-refractivity contribution is 0.0985. The van der Waals surface area contributed by atoms with Crippen molar-refractivity contribution in [2.75, 3.05) is 29.2 Å². The van der Waals surface area contributed by atoms with Crippen LogP contribution in [0.2, 0.25) is 10.0 Å². The van der Waals surface area contributed by atoms with E-state index in [9.17, 15) is 4.79 Å². The lowest BCUT2D eigenvalue weighted by Crippen LogP contribution is -2.35. The molecule has 170 valence electrons. The number of rotatable bonds is 5. The Morgan fingerprint density at radius 3 is 2.55 bits per heavy atom. The van der Waals surface area contributed by atoms with Crippen molar-refractivity contribution in [3.05, 3.63) is 69.8 Å². The summed E-state index contributed by atoms with van der Waals surface area (Å²) in [7, 11) is 0. The highest BCUT2D eigenvalue weighted by molar-refractivity contribution is 7.99. The molecule has 0 bridgehead atoms. The number of thioether (sulfide) groups is 1. The molecule has 0 spiro atoms. The first kappa shape index (κ1) is 22.5. The summed E-state index contributed by atoms with van der Waals surface area (Å²) >= 11 is 14.1. The average Bonchev–Trinajstić information content (AvgIpc) is 2.82. The number of para-hydroxylation sites is 1. The van der Waals surface area contributed by atoms with Gasteiger partial charge in [-0.15, -0.1) is 0 Å². The number of aromatic nitrogens is 2. The fourth-order valence-corrected chi connectivity index (χ4v) is 5.74. The third-order valence-corrected chi connectivity index (χ3v) is 7.54. The monoisotopic (exact) mass is 499 g/mol. The lowest BCUT2D eigenvalue weighted by atomic mass is 9.91. The van der Waals surface area contributed by atoms with E-state index >= 15 is 0 Å². The number of fused-ring (bicyclic) bond motifs is 1. The first-order valence-electron chi connectivity index (χ1n) is 10.9. The van der Waals surface area contributed by atoms with Crippen molar-refractivity contribution < 1.29 is 4.79 Å². The van der Waals surface area contributed by atoms with Gasteiger partial charge in [0.15, 0.2) is 0 Å². The van der Waals surface area contributed by atoms with Gasteiger partial charge in [0.2, 0.25) is 5.95 Å². The zero-order chi connectivity index (χ0) is 22.8. The zero-order valence-electron chi connectivity index (χ0n) is 17.9. The largest absolute Gasteiger partial charge is 0.324 e. The number of carbonyl (C=O) groups is 1. The molecule has 0 aliphatic carbocycles. The van der Waals surface area contributed by atoms with Gasteiger partial charge in [-0.3, -0.25) is 9.69 Å². The molecular formula is C24H23Cl2N5OS. The molecule has 5 rings (SSSR count). The number of hydrogen-bond donors (Lipinski definition) is 2. The minimum Gasteiger partial charge on any atom is -0.324 e. The van der Waals surface area contributed by atoms with Gasteiger partial charge in [0, 0.05) is 11.9 Å².